The van der Waals surface area contributed by atoms with Gasteiger partial charge >= 0.3 is 0 Å². The molecule has 0 aliphatic carbocycles. The van der Waals surface area contributed by atoms with Crippen LogP contribution in [0, 0.1) is 5.82 Å². The summed E-state index contributed by atoms with van der Waals surface area (Å²) in [5.74, 6) is -0.292. The summed E-state index contributed by atoms with van der Waals surface area (Å²) in [6.45, 7) is 0.717. The Labute approximate surface area is 157 Å². The van der Waals surface area contributed by atoms with E-state index in [-0.39, 0.29) is 17.8 Å². The summed E-state index contributed by atoms with van der Waals surface area (Å²) < 4.78 is 14.9. The zero-order chi connectivity index (χ0) is 18.6. The highest BCUT2D eigenvalue weighted by Crippen LogP contribution is 2.32. The predicted octanol–water partition coefficient (Wildman–Crippen LogP) is 4.39. The lowest BCUT2D eigenvalue weighted by Gasteiger charge is -2.23. The first-order valence-corrected chi connectivity index (χ1v) is 9.05. The highest BCUT2D eigenvalue weighted by Gasteiger charge is 2.28. The number of hydrogen-bond acceptors (Lipinski definition) is 2. The Bertz CT molecular complexity index is 947. The minimum Gasteiger partial charge on any atom is -0.332 e. The first-order chi connectivity index (χ1) is 13.2. The van der Waals surface area contributed by atoms with Crippen molar-refractivity contribution in [3.8, 4) is 5.69 Å². The largest absolute Gasteiger partial charge is 0.332 e. The quantitative estimate of drug-likeness (QED) is 0.647. The van der Waals surface area contributed by atoms with Crippen LogP contribution >= 0.6 is 0 Å². The Kier molecular flexibility index (Phi) is 4.83. The van der Waals surface area contributed by atoms with Crippen molar-refractivity contribution in [3.05, 3.63) is 90.0 Å². The summed E-state index contributed by atoms with van der Waals surface area (Å²) in [4.78, 5) is 14.5. The van der Waals surface area contributed by atoms with E-state index in [4.69, 9.17) is 0 Å². The number of benzene rings is 2. The van der Waals surface area contributed by atoms with E-state index in [1.165, 1.54) is 12.1 Å². The summed E-state index contributed by atoms with van der Waals surface area (Å²) in [6.07, 6.45) is 8.85. The minimum absolute atomic E-state index is 0.00907. The number of amides is 1. The van der Waals surface area contributed by atoms with E-state index in [1.807, 2.05) is 41.4 Å². The van der Waals surface area contributed by atoms with Gasteiger partial charge in [-0.3, -0.25) is 4.79 Å². The molecule has 5 heteroatoms. The minimum atomic E-state index is -0.259. The highest BCUT2D eigenvalue weighted by molar-refractivity contribution is 5.92. The van der Waals surface area contributed by atoms with Crippen LogP contribution in [0.3, 0.4) is 0 Å². The van der Waals surface area contributed by atoms with Crippen LogP contribution in [0.5, 0.6) is 0 Å². The summed E-state index contributed by atoms with van der Waals surface area (Å²) in [5, 5.41) is 4.34. The average Bonchev–Trinajstić information content (AvgIpc) is 3.37. The molecule has 1 aliphatic rings. The zero-order valence-electron chi connectivity index (χ0n) is 14.8. The first-order valence-electron chi connectivity index (χ1n) is 9.05. The van der Waals surface area contributed by atoms with Gasteiger partial charge < -0.3 is 4.90 Å². The van der Waals surface area contributed by atoms with Gasteiger partial charge in [0.15, 0.2) is 0 Å². The Balaban J connectivity index is 1.47. The SMILES string of the molecule is O=C(/C=C\c1cnn(-c2ccccc2)c1)N1CCC[C@H]1c1ccc(F)cc1. The van der Waals surface area contributed by atoms with Crippen LogP contribution in [0.1, 0.15) is 30.0 Å². The van der Waals surface area contributed by atoms with Crippen molar-refractivity contribution in [1.82, 2.24) is 14.7 Å². The van der Waals surface area contributed by atoms with Gasteiger partial charge in [-0.2, -0.15) is 5.10 Å². The number of rotatable bonds is 4. The predicted molar refractivity (Wildman–Crippen MR) is 103 cm³/mol. The number of carbonyl (C=O) groups excluding carboxylic acids is 1. The third kappa shape index (κ3) is 3.82. The molecule has 1 fully saturated rings. The Morgan fingerprint density at radius 3 is 2.67 bits per heavy atom. The maximum atomic E-state index is 13.2. The molecule has 27 heavy (non-hydrogen) atoms. The van der Waals surface area contributed by atoms with Gasteiger partial charge in [0.25, 0.3) is 0 Å². The van der Waals surface area contributed by atoms with E-state index < -0.39 is 0 Å². The van der Waals surface area contributed by atoms with Crippen LogP contribution in [-0.2, 0) is 4.79 Å². The maximum absolute atomic E-state index is 13.2. The van der Waals surface area contributed by atoms with Crippen LogP contribution in [0.2, 0.25) is 0 Å². The molecular weight excluding hydrogens is 341 g/mol. The van der Waals surface area contributed by atoms with Crippen LogP contribution in [0.4, 0.5) is 4.39 Å². The van der Waals surface area contributed by atoms with Crippen molar-refractivity contribution in [2.24, 2.45) is 0 Å². The molecule has 1 saturated heterocycles. The second kappa shape index (κ2) is 7.58. The number of nitrogens with zero attached hydrogens (tertiary/aromatic N) is 3. The van der Waals surface area contributed by atoms with E-state index in [0.717, 1.165) is 29.7 Å². The van der Waals surface area contributed by atoms with Gasteiger partial charge in [-0.15, -0.1) is 0 Å². The second-order valence-electron chi connectivity index (χ2n) is 6.63. The van der Waals surface area contributed by atoms with E-state index in [0.29, 0.717) is 6.54 Å². The third-order valence-corrected chi connectivity index (χ3v) is 4.83. The zero-order valence-corrected chi connectivity index (χ0v) is 14.8. The molecule has 2 heterocycles. The molecule has 136 valence electrons. The summed E-state index contributed by atoms with van der Waals surface area (Å²) in [6, 6.07) is 16.3. The molecule has 1 aromatic heterocycles. The molecule has 1 atom stereocenters. The Hall–Kier alpha value is -3.21. The fourth-order valence-electron chi connectivity index (χ4n) is 3.47. The molecule has 0 N–H and O–H groups in total. The van der Waals surface area contributed by atoms with E-state index in [9.17, 15) is 9.18 Å². The molecule has 2 aromatic carbocycles. The number of halogens is 1. The van der Waals surface area contributed by atoms with Crippen LogP contribution in [0.25, 0.3) is 11.8 Å². The molecule has 1 amide bonds. The Morgan fingerprint density at radius 2 is 1.89 bits per heavy atom. The molecule has 3 aromatic rings. The Morgan fingerprint density at radius 1 is 1.11 bits per heavy atom. The van der Waals surface area contributed by atoms with Gasteiger partial charge in [0.1, 0.15) is 5.82 Å². The molecule has 4 nitrogen and oxygen atoms in total. The van der Waals surface area contributed by atoms with Crippen molar-refractivity contribution < 1.29 is 9.18 Å². The van der Waals surface area contributed by atoms with Gasteiger partial charge in [0, 0.05) is 24.4 Å². The highest BCUT2D eigenvalue weighted by atomic mass is 19.1. The van der Waals surface area contributed by atoms with Crippen molar-refractivity contribution in [2.75, 3.05) is 6.54 Å². The van der Waals surface area contributed by atoms with Gasteiger partial charge in [-0.05, 0) is 48.7 Å². The lowest BCUT2D eigenvalue weighted by atomic mass is 10.0. The molecule has 1 aliphatic heterocycles. The molecular formula is C22H20FN3O. The van der Waals surface area contributed by atoms with Crippen molar-refractivity contribution in [3.63, 3.8) is 0 Å². The molecule has 0 bridgehead atoms. The molecule has 0 spiro atoms. The average molecular weight is 361 g/mol. The van der Waals surface area contributed by atoms with Crippen molar-refractivity contribution in [1.29, 1.82) is 0 Å². The van der Waals surface area contributed by atoms with E-state index in [2.05, 4.69) is 5.10 Å². The van der Waals surface area contributed by atoms with Gasteiger partial charge in [0.05, 0.1) is 17.9 Å². The van der Waals surface area contributed by atoms with E-state index in [1.54, 1.807) is 35.2 Å². The molecule has 0 radical (unpaired) electrons. The lowest BCUT2D eigenvalue weighted by molar-refractivity contribution is -0.126. The lowest BCUT2D eigenvalue weighted by Crippen LogP contribution is -2.28. The number of hydrogen-bond donors (Lipinski definition) is 0. The number of carbonyl (C=O) groups is 1. The summed E-state index contributed by atoms with van der Waals surface area (Å²) in [7, 11) is 0. The van der Waals surface area contributed by atoms with Gasteiger partial charge in [-0.1, -0.05) is 30.3 Å². The van der Waals surface area contributed by atoms with Gasteiger partial charge in [-0.25, -0.2) is 9.07 Å². The smallest absolute Gasteiger partial charge is 0.247 e. The van der Waals surface area contributed by atoms with Crippen molar-refractivity contribution >= 4 is 12.0 Å². The molecule has 0 unspecified atom stereocenters. The normalized spacial score (nSPS) is 16.9. The number of aromatic nitrogens is 2. The fourth-order valence-corrected chi connectivity index (χ4v) is 3.47. The van der Waals surface area contributed by atoms with Crippen LogP contribution < -0.4 is 0 Å². The summed E-state index contributed by atoms with van der Waals surface area (Å²) in [5.41, 5.74) is 2.82. The standard InChI is InChI=1S/C22H20FN3O/c23-19-11-9-18(10-12-19)21-7-4-14-25(21)22(27)13-8-17-15-24-26(16-17)20-5-2-1-3-6-20/h1-3,5-6,8-13,15-16,21H,4,7,14H2/b13-8-/t21-/m0/s1. The third-order valence-electron chi connectivity index (χ3n) is 4.83. The fraction of sp³-hybridized carbons (Fsp3) is 0.182. The topological polar surface area (TPSA) is 38.1 Å². The first kappa shape index (κ1) is 17.2. The molecule has 0 saturated carbocycles. The van der Waals surface area contributed by atoms with E-state index >= 15 is 0 Å². The summed E-state index contributed by atoms with van der Waals surface area (Å²) >= 11 is 0. The molecule has 4 rings (SSSR count). The van der Waals surface area contributed by atoms with Crippen LogP contribution in [0.15, 0.2) is 73.1 Å². The second-order valence-corrected chi connectivity index (χ2v) is 6.63. The maximum Gasteiger partial charge on any atom is 0.247 e. The number of likely N-dealkylation sites (tertiary alicyclic amines) is 1. The number of para-hydroxylation sites is 1. The van der Waals surface area contributed by atoms with Crippen LogP contribution in [-0.4, -0.2) is 27.1 Å². The monoisotopic (exact) mass is 361 g/mol. The van der Waals surface area contributed by atoms with Gasteiger partial charge in [0.2, 0.25) is 5.91 Å². The van der Waals surface area contributed by atoms with Crippen molar-refractivity contribution in [2.45, 2.75) is 18.9 Å².